The molecule has 1 aliphatic heterocycles. The molecule has 1 saturated heterocycles. The van der Waals surface area contributed by atoms with E-state index in [0.29, 0.717) is 6.42 Å². The van der Waals surface area contributed by atoms with Crippen molar-refractivity contribution in [1.82, 2.24) is 15.1 Å². The number of benzene rings is 1. The summed E-state index contributed by atoms with van der Waals surface area (Å²) >= 11 is 0. The van der Waals surface area contributed by atoms with Crippen molar-refractivity contribution in [2.75, 3.05) is 0 Å². The SMILES string of the molecule is Cc1nn(Cc2ccc3c(c2)CCC3)c(C)c1[C@@H]1CCCC(=O)N1. The fourth-order valence-corrected chi connectivity index (χ4v) is 4.29. The van der Waals surface area contributed by atoms with E-state index in [-0.39, 0.29) is 11.9 Å². The highest BCUT2D eigenvalue weighted by atomic mass is 16.1. The largest absolute Gasteiger partial charge is 0.349 e. The molecule has 1 amide bonds. The summed E-state index contributed by atoms with van der Waals surface area (Å²) in [7, 11) is 0. The van der Waals surface area contributed by atoms with E-state index >= 15 is 0 Å². The van der Waals surface area contributed by atoms with E-state index in [9.17, 15) is 4.79 Å². The zero-order chi connectivity index (χ0) is 16.7. The van der Waals surface area contributed by atoms with Crippen LogP contribution in [0.15, 0.2) is 18.2 Å². The van der Waals surface area contributed by atoms with Crippen LogP contribution < -0.4 is 5.32 Å². The summed E-state index contributed by atoms with van der Waals surface area (Å²) in [6.07, 6.45) is 6.34. The standard InChI is InChI=1S/C20H25N3O/c1-13-20(18-7-4-8-19(24)21-18)14(2)23(22-13)12-15-9-10-16-5-3-6-17(16)11-15/h9-11,18H,3-8,12H2,1-2H3,(H,21,24)/t18-/m0/s1. The fraction of sp³-hybridized carbons (Fsp3) is 0.500. The van der Waals surface area contributed by atoms with Gasteiger partial charge in [-0.1, -0.05) is 18.2 Å². The number of hydrogen-bond acceptors (Lipinski definition) is 2. The second-order valence-corrected chi connectivity index (χ2v) is 7.21. The van der Waals surface area contributed by atoms with Gasteiger partial charge in [0.2, 0.25) is 5.91 Å². The number of carbonyl (C=O) groups is 1. The number of aromatic nitrogens is 2. The van der Waals surface area contributed by atoms with Gasteiger partial charge >= 0.3 is 0 Å². The third-order valence-corrected chi connectivity index (χ3v) is 5.51. The minimum atomic E-state index is 0.125. The molecule has 1 N–H and O–H groups in total. The predicted molar refractivity (Wildman–Crippen MR) is 94.0 cm³/mol. The molecule has 24 heavy (non-hydrogen) atoms. The Bertz CT molecular complexity index is 790. The number of piperidine rings is 1. The van der Waals surface area contributed by atoms with Crippen LogP contribution in [-0.2, 0) is 24.2 Å². The molecule has 4 heteroatoms. The molecule has 1 aromatic heterocycles. The minimum Gasteiger partial charge on any atom is -0.349 e. The first kappa shape index (κ1) is 15.4. The minimum absolute atomic E-state index is 0.125. The van der Waals surface area contributed by atoms with E-state index in [1.165, 1.54) is 47.2 Å². The number of fused-ring (bicyclic) bond motifs is 1. The Morgan fingerprint density at radius 3 is 2.83 bits per heavy atom. The van der Waals surface area contributed by atoms with Crippen molar-refractivity contribution in [3.05, 3.63) is 51.8 Å². The molecule has 0 spiro atoms. The molecule has 4 nitrogen and oxygen atoms in total. The average molecular weight is 323 g/mol. The summed E-state index contributed by atoms with van der Waals surface area (Å²) in [6.45, 7) is 4.99. The molecule has 1 atom stereocenters. The maximum Gasteiger partial charge on any atom is 0.220 e. The maximum absolute atomic E-state index is 11.7. The number of rotatable bonds is 3. The first-order valence-corrected chi connectivity index (χ1v) is 9.06. The molecule has 0 bridgehead atoms. The Labute approximate surface area is 143 Å². The number of carbonyl (C=O) groups excluding carboxylic acids is 1. The molecule has 2 aromatic rings. The van der Waals surface area contributed by atoms with Gasteiger partial charge in [-0.2, -0.15) is 5.10 Å². The smallest absolute Gasteiger partial charge is 0.220 e. The zero-order valence-electron chi connectivity index (χ0n) is 14.6. The summed E-state index contributed by atoms with van der Waals surface area (Å²) in [5, 5.41) is 7.90. The van der Waals surface area contributed by atoms with E-state index in [2.05, 4.69) is 42.0 Å². The average Bonchev–Trinajstić information content (AvgIpc) is 3.12. The molecule has 1 aromatic carbocycles. The second kappa shape index (κ2) is 6.08. The Morgan fingerprint density at radius 1 is 1.17 bits per heavy atom. The molecule has 1 fully saturated rings. The normalized spacial score (nSPS) is 20.1. The maximum atomic E-state index is 11.7. The van der Waals surface area contributed by atoms with Crippen LogP contribution >= 0.6 is 0 Å². The fourth-order valence-electron chi connectivity index (χ4n) is 4.29. The lowest BCUT2D eigenvalue weighted by Gasteiger charge is -2.23. The van der Waals surface area contributed by atoms with Gasteiger partial charge in [-0.15, -0.1) is 0 Å². The lowest BCUT2D eigenvalue weighted by atomic mass is 9.96. The topological polar surface area (TPSA) is 46.9 Å². The molecule has 126 valence electrons. The van der Waals surface area contributed by atoms with Crippen LogP contribution in [0.3, 0.4) is 0 Å². The van der Waals surface area contributed by atoms with Crippen molar-refractivity contribution < 1.29 is 4.79 Å². The molecular formula is C20H25N3O. The van der Waals surface area contributed by atoms with Crippen LogP contribution in [0.1, 0.15) is 65.4 Å². The van der Waals surface area contributed by atoms with Crippen LogP contribution in [0, 0.1) is 13.8 Å². The molecule has 0 radical (unpaired) electrons. The van der Waals surface area contributed by atoms with Crippen molar-refractivity contribution in [3.63, 3.8) is 0 Å². The van der Waals surface area contributed by atoms with Crippen LogP contribution in [0.25, 0.3) is 0 Å². The van der Waals surface area contributed by atoms with E-state index in [0.717, 1.165) is 25.1 Å². The Kier molecular flexibility index (Phi) is 3.91. The zero-order valence-corrected chi connectivity index (χ0v) is 14.6. The van der Waals surface area contributed by atoms with Gasteiger partial charge in [0.15, 0.2) is 0 Å². The van der Waals surface area contributed by atoms with Gasteiger partial charge in [0.25, 0.3) is 0 Å². The quantitative estimate of drug-likeness (QED) is 0.941. The number of nitrogens with zero attached hydrogens (tertiary/aromatic N) is 2. The Morgan fingerprint density at radius 2 is 2.00 bits per heavy atom. The summed E-state index contributed by atoms with van der Waals surface area (Å²) in [5.74, 6) is 0.163. The highest BCUT2D eigenvalue weighted by Gasteiger charge is 2.25. The lowest BCUT2D eigenvalue weighted by Crippen LogP contribution is -2.33. The number of nitrogens with one attached hydrogen (secondary N) is 1. The van der Waals surface area contributed by atoms with Crippen molar-refractivity contribution in [2.24, 2.45) is 0 Å². The van der Waals surface area contributed by atoms with Crippen molar-refractivity contribution in [1.29, 1.82) is 0 Å². The van der Waals surface area contributed by atoms with Gasteiger partial charge in [-0.05, 0) is 62.6 Å². The summed E-state index contributed by atoms with van der Waals surface area (Å²) < 4.78 is 2.10. The first-order valence-electron chi connectivity index (χ1n) is 9.06. The highest BCUT2D eigenvalue weighted by molar-refractivity contribution is 5.77. The van der Waals surface area contributed by atoms with Gasteiger partial charge in [0, 0.05) is 17.7 Å². The third-order valence-electron chi connectivity index (χ3n) is 5.51. The molecule has 2 heterocycles. The Balaban J connectivity index is 1.60. The van der Waals surface area contributed by atoms with Crippen molar-refractivity contribution in [2.45, 2.75) is 65.0 Å². The van der Waals surface area contributed by atoms with Crippen LogP contribution in [-0.4, -0.2) is 15.7 Å². The molecular weight excluding hydrogens is 298 g/mol. The summed E-state index contributed by atoms with van der Waals surface area (Å²) in [5.41, 5.74) is 7.78. The predicted octanol–water partition coefficient (Wildman–Crippen LogP) is 3.38. The third kappa shape index (κ3) is 2.74. The number of aryl methyl sites for hydroxylation is 3. The number of amides is 1. The van der Waals surface area contributed by atoms with E-state index in [1.807, 2.05) is 0 Å². The van der Waals surface area contributed by atoms with Gasteiger partial charge in [0.1, 0.15) is 0 Å². The molecule has 0 saturated carbocycles. The van der Waals surface area contributed by atoms with Gasteiger partial charge in [0.05, 0.1) is 18.3 Å². The molecule has 4 rings (SSSR count). The lowest BCUT2D eigenvalue weighted by molar-refractivity contribution is -0.123. The van der Waals surface area contributed by atoms with Gasteiger partial charge in [-0.25, -0.2) is 0 Å². The van der Waals surface area contributed by atoms with Crippen molar-refractivity contribution in [3.8, 4) is 0 Å². The molecule has 2 aliphatic rings. The van der Waals surface area contributed by atoms with Crippen LogP contribution in [0.4, 0.5) is 0 Å². The summed E-state index contributed by atoms with van der Waals surface area (Å²) in [4.78, 5) is 11.7. The monoisotopic (exact) mass is 323 g/mol. The second-order valence-electron chi connectivity index (χ2n) is 7.21. The number of hydrogen-bond donors (Lipinski definition) is 1. The van der Waals surface area contributed by atoms with E-state index in [4.69, 9.17) is 5.10 Å². The molecule has 0 unspecified atom stereocenters. The molecule has 1 aliphatic carbocycles. The van der Waals surface area contributed by atoms with Crippen LogP contribution in [0.5, 0.6) is 0 Å². The Hall–Kier alpha value is -2.10. The van der Waals surface area contributed by atoms with Gasteiger partial charge < -0.3 is 5.32 Å². The highest BCUT2D eigenvalue weighted by Crippen LogP contribution is 2.29. The van der Waals surface area contributed by atoms with Crippen LogP contribution in [0.2, 0.25) is 0 Å². The van der Waals surface area contributed by atoms with E-state index < -0.39 is 0 Å². The van der Waals surface area contributed by atoms with Gasteiger partial charge in [-0.3, -0.25) is 9.48 Å². The summed E-state index contributed by atoms with van der Waals surface area (Å²) in [6, 6.07) is 7.00. The first-order chi connectivity index (χ1) is 11.6. The van der Waals surface area contributed by atoms with E-state index in [1.54, 1.807) is 0 Å². The van der Waals surface area contributed by atoms with Crippen molar-refractivity contribution >= 4 is 5.91 Å².